The topological polar surface area (TPSA) is 28.7 Å². The van der Waals surface area contributed by atoms with Gasteiger partial charge in [-0.3, -0.25) is 0 Å². The summed E-state index contributed by atoms with van der Waals surface area (Å²) in [6.07, 6.45) is 6.05. The highest BCUT2D eigenvalue weighted by Gasteiger charge is 2.18. The first-order valence-corrected chi connectivity index (χ1v) is 7.78. The largest absolute Gasteiger partial charge is 0.347 e. The average molecular weight is 284 g/mol. The van der Waals surface area contributed by atoms with E-state index in [9.17, 15) is 0 Å². The van der Waals surface area contributed by atoms with Crippen LogP contribution >= 0.6 is 12.2 Å². The second-order valence-corrected chi connectivity index (χ2v) is 6.12. The van der Waals surface area contributed by atoms with E-state index in [-0.39, 0.29) is 0 Å². The van der Waals surface area contributed by atoms with Crippen molar-refractivity contribution in [2.45, 2.75) is 44.9 Å². The normalized spacial score (nSPS) is 15.7. The number of hydrogen-bond acceptors (Lipinski definition) is 2. The molecule has 1 aromatic carbocycles. The van der Waals surface area contributed by atoms with Crippen LogP contribution in [0.25, 0.3) is 0 Å². The van der Waals surface area contributed by atoms with Gasteiger partial charge in [-0.1, -0.05) is 49.3 Å². The lowest BCUT2D eigenvalue weighted by Crippen LogP contribution is -2.04. The van der Waals surface area contributed by atoms with E-state index in [0.29, 0.717) is 10.6 Å². The molecule has 0 radical (unpaired) electrons. The zero-order valence-electron chi connectivity index (χ0n) is 11.9. The van der Waals surface area contributed by atoms with Gasteiger partial charge in [0.2, 0.25) is 0 Å². The molecule has 0 atom stereocenters. The third kappa shape index (κ3) is 2.98. The summed E-state index contributed by atoms with van der Waals surface area (Å²) in [5.74, 6) is 1.64. The van der Waals surface area contributed by atoms with Crippen LogP contribution in [0.2, 0.25) is 0 Å². The van der Waals surface area contributed by atoms with Gasteiger partial charge in [0, 0.05) is 12.1 Å². The first-order valence-electron chi connectivity index (χ1n) is 7.37. The predicted octanol–water partition coefficient (Wildman–Crippen LogP) is 4.70. The van der Waals surface area contributed by atoms with Crippen LogP contribution in [0, 0.1) is 11.6 Å². The fourth-order valence-corrected chi connectivity index (χ4v) is 3.30. The zero-order valence-corrected chi connectivity index (χ0v) is 12.7. The third-order valence-electron chi connectivity index (χ3n) is 4.23. The van der Waals surface area contributed by atoms with Crippen molar-refractivity contribution >= 4 is 12.2 Å². The molecule has 1 saturated carbocycles. The van der Waals surface area contributed by atoms with Crippen LogP contribution in [0.15, 0.2) is 30.3 Å². The minimum Gasteiger partial charge on any atom is -0.347 e. The first kappa shape index (κ1) is 13.5. The Bertz CT molecular complexity index is 654. The zero-order chi connectivity index (χ0) is 13.9. The minimum atomic E-state index is 0.648. The van der Waals surface area contributed by atoms with Gasteiger partial charge in [0.25, 0.3) is 0 Å². The number of aromatic nitrogens is 2. The van der Waals surface area contributed by atoms with Crippen molar-refractivity contribution in [1.29, 1.82) is 0 Å². The van der Waals surface area contributed by atoms with Gasteiger partial charge in [-0.15, -0.1) is 0 Å². The molecule has 0 spiro atoms. The standard InChI is InChI=1S/C17H20N2S/c1-12-6-2-3-9-14(12)10-16-18-15(11-17(20)19-16)13-7-4-5-8-13/h2-3,6,9,11,13H,4-5,7-8,10H2,1H3,(H,18,19,20). The van der Waals surface area contributed by atoms with Crippen LogP contribution in [0.1, 0.15) is 54.2 Å². The lowest BCUT2D eigenvalue weighted by molar-refractivity contribution is 0.684. The summed E-state index contributed by atoms with van der Waals surface area (Å²) in [7, 11) is 0. The molecular weight excluding hydrogens is 264 g/mol. The molecule has 1 aromatic heterocycles. The molecular formula is C17H20N2S. The number of hydrogen-bond donors (Lipinski definition) is 1. The Kier molecular flexibility index (Phi) is 3.97. The number of H-pyrrole nitrogens is 1. The number of nitrogens with zero attached hydrogens (tertiary/aromatic N) is 1. The van der Waals surface area contributed by atoms with Gasteiger partial charge in [-0.25, -0.2) is 4.98 Å². The van der Waals surface area contributed by atoms with Gasteiger partial charge in [-0.2, -0.15) is 0 Å². The summed E-state index contributed by atoms with van der Waals surface area (Å²) < 4.78 is 0.717. The molecule has 1 fully saturated rings. The second-order valence-electron chi connectivity index (χ2n) is 5.71. The lowest BCUT2D eigenvalue weighted by Gasteiger charge is -2.12. The van der Waals surface area contributed by atoms with Crippen LogP contribution in [0.5, 0.6) is 0 Å². The second kappa shape index (κ2) is 5.88. The summed E-state index contributed by atoms with van der Waals surface area (Å²) in [6, 6.07) is 10.5. The van der Waals surface area contributed by atoms with Crippen molar-refractivity contribution in [1.82, 2.24) is 9.97 Å². The molecule has 0 saturated heterocycles. The fraction of sp³-hybridized carbons (Fsp3) is 0.412. The molecule has 1 aliphatic rings. The molecule has 1 aliphatic carbocycles. The highest BCUT2D eigenvalue weighted by Crippen LogP contribution is 2.33. The number of benzene rings is 1. The summed E-state index contributed by atoms with van der Waals surface area (Å²) in [6.45, 7) is 2.14. The lowest BCUT2D eigenvalue weighted by atomic mass is 10.0. The summed E-state index contributed by atoms with van der Waals surface area (Å²) >= 11 is 5.34. The van der Waals surface area contributed by atoms with Crippen molar-refractivity contribution in [3.8, 4) is 0 Å². The van der Waals surface area contributed by atoms with E-state index in [1.54, 1.807) is 0 Å². The van der Waals surface area contributed by atoms with Gasteiger partial charge >= 0.3 is 0 Å². The molecule has 0 amide bonds. The minimum absolute atomic E-state index is 0.648. The Morgan fingerprint density at radius 3 is 2.75 bits per heavy atom. The molecule has 104 valence electrons. The maximum absolute atomic E-state index is 5.34. The summed E-state index contributed by atoms with van der Waals surface area (Å²) in [4.78, 5) is 8.03. The van der Waals surface area contributed by atoms with Gasteiger partial charge < -0.3 is 4.98 Å². The van der Waals surface area contributed by atoms with E-state index in [1.165, 1.54) is 42.5 Å². The highest BCUT2D eigenvalue weighted by atomic mass is 32.1. The molecule has 1 heterocycles. The van der Waals surface area contributed by atoms with Gasteiger partial charge in [0.1, 0.15) is 10.5 Å². The number of nitrogens with one attached hydrogen (secondary N) is 1. The Morgan fingerprint density at radius 2 is 2.00 bits per heavy atom. The van der Waals surface area contributed by atoms with Crippen molar-refractivity contribution in [2.75, 3.05) is 0 Å². The number of aromatic amines is 1. The number of rotatable bonds is 3. The SMILES string of the molecule is Cc1ccccc1Cc1nc(=S)cc(C2CCCC2)[nH]1. The monoisotopic (exact) mass is 284 g/mol. The van der Waals surface area contributed by atoms with Crippen molar-refractivity contribution in [2.24, 2.45) is 0 Å². The van der Waals surface area contributed by atoms with E-state index >= 15 is 0 Å². The molecule has 20 heavy (non-hydrogen) atoms. The van der Waals surface area contributed by atoms with E-state index in [4.69, 9.17) is 12.2 Å². The van der Waals surface area contributed by atoms with E-state index < -0.39 is 0 Å². The summed E-state index contributed by atoms with van der Waals surface area (Å²) in [5, 5.41) is 0. The predicted molar refractivity (Wildman–Crippen MR) is 84.6 cm³/mol. The van der Waals surface area contributed by atoms with E-state index in [1.807, 2.05) is 6.07 Å². The molecule has 1 N–H and O–H groups in total. The fourth-order valence-electron chi connectivity index (χ4n) is 3.06. The Hall–Kier alpha value is -1.48. The van der Waals surface area contributed by atoms with Crippen LogP contribution < -0.4 is 0 Å². The van der Waals surface area contributed by atoms with Crippen LogP contribution in [-0.4, -0.2) is 9.97 Å². The van der Waals surface area contributed by atoms with Gasteiger partial charge in [0.05, 0.1) is 0 Å². The van der Waals surface area contributed by atoms with Gasteiger partial charge in [-0.05, 0) is 42.9 Å². The Morgan fingerprint density at radius 1 is 1.25 bits per heavy atom. The molecule has 0 aliphatic heterocycles. The van der Waals surface area contributed by atoms with Gasteiger partial charge in [0.15, 0.2) is 0 Å². The molecule has 2 aromatic rings. The molecule has 3 heteroatoms. The van der Waals surface area contributed by atoms with Crippen LogP contribution in [-0.2, 0) is 6.42 Å². The molecule has 3 rings (SSSR count). The average Bonchev–Trinajstić information content (AvgIpc) is 2.95. The van der Waals surface area contributed by atoms with Crippen molar-refractivity contribution < 1.29 is 0 Å². The quantitative estimate of drug-likeness (QED) is 0.828. The third-order valence-corrected chi connectivity index (χ3v) is 4.44. The van der Waals surface area contributed by atoms with Crippen molar-refractivity contribution in [3.05, 3.63) is 57.6 Å². The summed E-state index contributed by atoms with van der Waals surface area (Å²) in [5.41, 5.74) is 3.90. The highest BCUT2D eigenvalue weighted by molar-refractivity contribution is 7.71. The van der Waals surface area contributed by atoms with E-state index in [2.05, 4.69) is 41.2 Å². The Labute approximate surface area is 125 Å². The maximum Gasteiger partial charge on any atom is 0.130 e. The van der Waals surface area contributed by atoms with Crippen molar-refractivity contribution in [3.63, 3.8) is 0 Å². The smallest absolute Gasteiger partial charge is 0.130 e. The molecule has 0 bridgehead atoms. The molecule has 0 unspecified atom stereocenters. The van der Waals surface area contributed by atoms with E-state index in [0.717, 1.165) is 12.2 Å². The van der Waals surface area contributed by atoms with Crippen LogP contribution in [0.4, 0.5) is 0 Å². The Balaban J connectivity index is 1.90. The maximum atomic E-state index is 5.34. The number of aryl methyl sites for hydroxylation is 1. The first-order chi connectivity index (χ1) is 9.72. The molecule has 2 nitrogen and oxygen atoms in total. The van der Waals surface area contributed by atoms with Crippen LogP contribution in [0.3, 0.4) is 0 Å².